The van der Waals surface area contributed by atoms with E-state index in [1.807, 2.05) is 6.92 Å². The molecule has 0 amide bonds. The minimum absolute atomic E-state index is 0.765. The summed E-state index contributed by atoms with van der Waals surface area (Å²) in [5.74, 6) is 0. The zero-order valence-corrected chi connectivity index (χ0v) is 8.50. The van der Waals surface area contributed by atoms with Crippen LogP contribution in [0, 0.1) is 6.92 Å². The van der Waals surface area contributed by atoms with Crippen molar-refractivity contribution in [2.75, 3.05) is 5.73 Å². The molecule has 0 bridgehead atoms. The van der Waals surface area contributed by atoms with Gasteiger partial charge in [0.15, 0.2) is 12.0 Å². The Labute approximate surface area is 82.9 Å². The van der Waals surface area contributed by atoms with Crippen LogP contribution in [-0.2, 0) is 6.42 Å². The van der Waals surface area contributed by atoms with Crippen LogP contribution in [0.3, 0.4) is 0 Å². The van der Waals surface area contributed by atoms with E-state index in [9.17, 15) is 0 Å². The highest BCUT2D eigenvalue weighted by Gasteiger charge is 2.10. The smallest absolute Gasteiger partial charge is 0.182 e. The number of hydrogen-bond donors (Lipinski definition) is 1. The Morgan fingerprint density at radius 1 is 1.50 bits per heavy atom. The lowest BCUT2D eigenvalue weighted by Gasteiger charge is -2.05. The molecule has 0 radical (unpaired) electrons. The Hall–Kier alpha value is -1.51. The first-order valence-corrected chi connectivity index (χ1v) is 4.85. The van der Waals surface area contributed by atoms with Gasteiger partial charge in [-0.2, -0.15) is 0 Å². The summed E-state index contributed by atoms with van der Waals surface area (Å²) in [5, 5.41) is 0. The number of nitrogens with zero attached hydrogens (tertiary/aromatic N) is 1. The van der Waals surface area contributed by atoms with E-state index in [2.05, 4.69) is 18.0 Å². The van der Waals surface area contributed by atoms with Crippen LogP contribution in [0.4, 0.5) is 5.69 Å². The quantitative estimate of drug-likeness (QED) is 0.741. The van der Waals surface area contributed by atoms with Gasteiger partial charge in [-0.1, -0.05) is 19.4 Å². The van der Waals surface area contributed by atoms with E-state index >= 15 is 0 Å². The summed E-state index contributed by atoms with van der Waals surface area (Å²) in [4.78, 5) is 4.13. The molecule has 0 spiro atoms. The van der Waals surface area contributed by atoms with Gasteiger partial charge in [0.1, 0.15) is 5.52 Å². The molecule has 1 heterocycles. The van der Waals surface area contributed by atoms with Crippen molar-refractivity contribution in [2.24, 2.45) is 0 Å². The zero-order chi connectivity index (χ0) is 10.1. The minimum atomic E-state index is 0.765. The molecule has 0 atom stereocenters. The SMILES string of the molecule is CCCc1cc(C)c2ocnc2c1N. The highest BCUT2D eigenvalue weighted by molar-refractivity contribution is 5.89. The summed E-state index contributed by atoms with van der Waals surface area (Å²) >= 11 is 0. The van der Waals surface area contributed by atoms with Crippen LogP contribution in [0.15, 0.2) is 16.9 Å². The number of oxazole rings is 1. The molecule has 0 saturated carbocycles. The van der Waals surface area contributed by atoms with Crippen LogP contribution in [0.5, 0.6) is 0 Å². The van der Waals surface area contributed by atoms with E-state index in [0.717, 1.165) is 35.2 Å². The molecule has 2 aromatic rings. The van der Waals surface area contributed by atoms with Gasteiger partial charge >= 0.3 is 0 Å². The summed E-state index contributed by atoms with van der Waals surface area (Å²) in [6.07, 6.45) is 3.53. The fourth-order valence-corrected chi connectivity index (χ4v) is 1.75. The number of benzene rings is 1. The van der Waals surface area contributed by atoms with Gasteiger partial charge in [-0.3, -0.25) is 0 Å². The third kappa shape index (κ3) is 1.25. The lowest BCUT2D eigenvalue weighted by Crippen LogP contribution is -1.96. The molecule has 74 valence electrons. The first-order valence-electron chi connectivity index (χ1n) is 4.85. The predicted molar refractivity (Wildman–Crippen MR) is 57.2 cm³/mol. The maximum atomic E-state index is 6.00. The maximum absolute atomic E-state index is 6.00. The second kappa shape index (κ2) is 3.33. The average molecular weight is 190 g/mol. The van der Waals surface area contributed by atoms with Crippen molar-refractivity contribution in [3.8, 4) is 0 Å². The lowest BCUT2D eigenvalue weighted by molar-refractivity contribution is 0.599. The van der Waals surface area contributed by atoms with Crippen LogP contribution in [0.25, 0.3) is 11.1 Å². The first kappa shape index (κ1) is 9.06. The van der Waals surface area contributed by atoms with Crippen LogP contribution >= 0.6 is 0 Å². The van der Waals surface area contributed by atoms with Gasteiger partial charge in [-0.15, -0.1) is 0 Å². The van der Waals surface area contributed by atoms with Crippen molar-refractivity contribution >= 4 is 16.8 Å². The normalized spacial score (nSPS) is 11.0. The second-order valence-corrected chi connectivity index (χ2v) is 3.55. The average Bonchev–Trinajstić information content (AvgIpc) is 2.63. The molecule has 0 aliphatic heterocycles. The fourth-order valence-electron chi connectivity index (χ4n) is 1.75. The molecule has 0 saturated heterocycles. The van der Waals surface area contributed by atoms with Crippen LogP contribution in [0.1, 0.15) is 24.5 Å². The summed E-state index contributed by atoms with van der Waals surface area (Å²) < 4.78 is 5.27. The Morgan fingerprint density at radius 2 is 2.29 bits per heavy atom. The molecule has 0 fully saturated rings. The Morgan fingerprint density at radius 3 is 3.00 bits per heavy atom. The van der Waals surface area contributed by atoms with Crippen LogP contribution < -0.4 is 5.73 Å². The van der Waals surface area contributed by atoms with Gasteiger partial charge in [0.2, 0.25) is 0 Å². The van der Waals surface area contributed by atoms with E-state index in [-0.39, 0.29) is 0 Å². The van der Waals surface area contributed by atoms with Gasteiger partial charge in [-0.25, -0.2) is 4.98 Å². The predicted octanol–water partition coefficient (Wildman–Crippen LogP) is 2.67. The number of nitrogen functional groups attached to an aromatic ring is 1. The van der Waals surface area contributed by atoms with Gasteiger partial charge in [0.25, 0.3) is 0 Å². The topological polar surface area (TPSA) is 52.0 Å². The molecule has 0 aliphatic rings. The second-order valence-electron chi connectivity index (χ2n) is 3.55. The Bertz CT molecular complexity index is 460. The number of aryl methyl sites for hydroxylation is 2. The number of nitrogens with two attached hydrogens (primary N) is 1. The summed E-state index contributed by atoms with van der Waals surface area (Å²) in [6.45, 7) is 4.16. The van der Waals surface area contributed by atoms with Crippen molar-refractivity contribution < 1.29 is 4.42 Å². The lowest BCUT2D eigenvalue weighted by atomic mass is 10.0. The van der Waals surface area contributed by atoms with E-state index in [4.69, 9.17) is 10.2 Å². The van der Waals surface area contributed by atoms with Crippen molar-refractivity contribution in [3.63, 3.8) is 0 Å². The van der Waals surface area contributed by atoms with Gasteiger partial charge < -0.3 is 10.2 Å². The highest BCUT2D eigenvalue weighted by atomic mass is 16.3. The van der Waals surface area contributed by atoms with E-state index in [1.165, 1.54) is 12.0 Å². The molecular formula is C11H14N2O. The molecule has 2 rings (SSSR count). The Kier molecular flexibility index (Phi) is 2.15. The number of fused-ring (bicyclic) bond motifs is 1. The fraction of sp³-hybridized carbons (Fsp3) is 0.364. The highest BCUT2D eigenvalue weighted by Crippen LogP contribution is 2.27. The molecule has 1 aromatic heterocycles. The molecule has 0 unspecified atom stereocenters. The molecule has 2 N–H and O–H groups in total. The maximum Gasteiger partial charge on any atom is 0.182 e. The minimum Gasteiger partial charge on any atom is -0.443 e. The van der Waals surface area contributed by atoms with Crippen LogP contribution in [-0.4, -0.2) is 4.98 Å². The molecular weight excluding hydrogens is 176 g/mol. The summed E-state index contributed by atoms with van der Waals surface area (Å²) in [6, 6.07) is 2.09. The third-order valence-corrected chi connectivity index (χ3v) is 2.44. The molecule has 14 heavy (non-hydrogen) atoms. The van der Waals surface area contributed by atoms with Crippen molar-refractivity contribution in [2.45, 2.75) is 26.7 Å². The monoisotopic (exact) mass is 190 g/mol. The van der Waals surface area contributed by atoms with Gasteiger partial charge in [-0.05, 0) is 24.5 Å². The largest absolute Gasteiger partial charge is 0.443 e. The zero-order valence-electron chi connectivity index (χ0n) is 8.50. The number of anilines is 1. The first-order chi connectivity index (χ1) is 6.74. The third-order valence-electron chi connectivity index (χ3n) is 2.44. The number of aromatic nitrogens is 1. The van der Waals surface area contributed by atoms with E-state index in [1.54, 1.807) is 0 Å². The standard InChI is InChI=1S/C11H14N2O/c1-3-4-8-5-7(2)11-10(9(8)12)13-6-14-11/h5-6H,3-4,12H2,1-2H3. The molecule has 1 aromatic carbocycles. The molecule has 3 nitrogen and oxygen atoms in total. The number of hydrogen-bond acceptors (Lipinski definition) is 3. The summed E-state index contributed by atoms with van der Waals surface area (Å²) in [5.41, 5.74) is 10.6. The van der Waals surface area contributed by atoms with E-state index < -0.39 is 0 Å². The Balaban J connectivity index is 2.68. The van der Waals surface area contributed by atoms with Crippen molar-refractivity contribution in [1.29, 1.82) is 0 Å². The van der Waals surface area contributed by atoms with Gasteiger partial charge in [0.05, 0.1) is 5.69 Å². The van der Waals surface area contributed by atoms with Crippen LogP contribution in [0.2, 0.25) is 0 Å². The van der Waals surface area contributed by atoms with Gasteiger partial charge in [0, 0.05) is 0 Å². The number of rotatable bonds is 2. The van der Waals surface area contributed by atoms with Crippen molar-refractivity contribution in [1.82, 2.24) is 4.98 Å². The summed E-state index contributed by atoms with van der Waals surface area (Å²) in [7, 11) is 0. The molecule has 0 aliphatic carbocycles. The molecule has 3 heteroatoms. The van der Waals surface area contributed by atoms with Crippen molar-refractivity contribution in [3.05, 3.63) is 23.6 Å². The van der Waals surface area contributed by atoms with E-state index in [0.29, 0.717) is 0 Å².